The smallest absolute Gasteiger partial charge is 0.306 e. The van der Waals surface area contributed by atoms with E-state index in [2.05, 4.69) is 5.32 Å². The van der Waals surface area contributed by atoms with Gasteiger partial charge in [-0.05, 0) is 32.1 Å². The average molecular weight is 256 g/mol. The lowest BCUT2D eigenvalue weighted by atomic mass is 10.1. The molecule has 0 radical (unpaired) electrons. The van der Waals surface area contributed by atoms with Gasteiger partial charge in [0.2, 0.25) is 5.91 Å². The third-order valence-electron chi connectivity index (χ3n) is 3.79. The van der Waals surface area contributed by atoms with Crippen LogP contribution in [0.15, 0.2) is 0 Å². The van der Waals surface area contributed by atoms with Gasteiger partial charge >= 0.3 is 5.97 Å². The normalized spacial score (nSPS) is 35.6. The molecule has 0 aromatic heterocycles. The third kappa shape index (κ3) is 3.00. The van der Waals surface area contributed by atoms with Gasteiger partial charge in [-0.25, -0.2) is 0 Å². The number of carbonyl (C=O) groups is 2. The molecule has 0 spiro atoms. The first-order chi connectivity index (χ1) is 8.60. The molecule has 1 saturated carbocycles. The first-order valence-corrected chi connectivity index (χ1v) is 6.49. The maximum atomic E-state index is 11.9. The van der Waals surface area contributed by atoms with E-state index in [-0.39, 0.29) is 24.0 Å². The van der Waals surface area contributed by atoms with Gasteiger partial charge in [-0.1, -0.05) is 0 Å². The molecule has 4 unspecified atom stereocenters. The van der Waals surface area contributed by atoms with Gasteiger partial charge in [0.25, 0.3) is 0 Å². The minimum absolute atomic E-state index is 0.0175. The zero-order valence-electron chi connectivity index (χ0n) is 10.3. The van der Waals surface area contributed by atoms with Crippen molar-refractivity contribution in [3.63, 3.8) is 0 Å². The molecule has 2 fully saturated rings. The number of nitrogens with one attached hydrogen (secondary N) is 1. The number of carboxylic acid groups (broad SMARTS) is 1. The van der Waals surface area contributed by atoms with Crippen LogP contribution in [0.4, 0.5) is 0 Å². The van der Waals surface area contributed by atoms with Gasteiger partial charge in [-0.3, -0.25) is 9.59 Å². The molecule has 1 amide bonds. The Morgan fingerprint density at radius 2 is 2.06 bits per heavy atom. The molecule has 0 aromatic rings. The Bertz CT molecular complexity index is 334. The molecule has 0 aromatic carbocycles. The van der Waals surface area contributed by atoms with E-state index in [9.17, 15) is 9.59 Å². The van der Waals surface area contributed by atoms with Crippen molar-refractivity contribution in [1.82, 2.24) is 5.32 Å². The fraction of sp³-hybridized carbons (Fsp3) is 0.833. The Balaban J connectivity index is 1.77. The van der Waals surface area contributed by atoms with E-state index in [1.165, 1.54) is 0 Å². The molecular formula is C12H20N2O4. The Hall–Kier alpha value is -1.14. The van der Waals surface area contributed by atoms with Gasteiger partial charge in [-0.15, -0.1) is 0 Å². The lowest BCUT2D eigenvalue weighted by molar-refractivity contribution is -0.141. The highest BCUT2D eigenvalue weighted by molar-refractivity contribution is 5.81. The van der Waals surface area contributed by atoms with Crippen LogP contribution in [0.25, 0.3) is 0 Å². The molecule has 4 N–H and O–H groups in total. The van der Waals surface area contributed by atoms with Crippen molar-refractivity contribution in [1.29, 1.82) is 0 Å². The molecule has 1 aliphatic carbocycles. The number of nitrogens with two attached hydrogens (primary N) is 1. The second-order valence-electron chi connectivity index (χ2n) is 5.11. The summed E-state index contributed by atoms with van der Waals surface area (Å²) in [7, 11) is 0. The Morgan fingerprint density at radius 1 is 1.28 bits per heavy atom. The zero-order valence-corrected chi connectivity index (χ0v) is 10.3. The molecule has 1 aliphatic heterocycles. The van der Waals surface area contributed by atoms with Crippen LogP contribution in [-0.4, -0.2) is 41.8 Å². The van der Waals surface area contributed by atoms with Gasteiger partial charge in [-0.2, -0.15) is 0 Å². The van der Waals surface area contributed by atoms with Crippen LogP contribution in [0.5, 0.6) is 0 Å². The fourth-order valence-corrected chi connectivity index (χ4v) is 2.70. The monoisotopic (exact) mass is 256 g/mol. The number of hydrogen-bond donors (Lipinski definition) is 3. The van der Waals surface area contributed by atoms with E-state index in [0.29, 0.717) is 25.8 Å². The number of ether oxygens (including phenoxy) is 1. The minimum atomic E-state index is -0.771. The van der Waals surface area contributed by atoms with Crippen molar-refractivity contribution < 1.29 is 19.4 Å². The van der Waals surface area contributed by atoms with Crippen LogP contribution in [-0.2, 0) is 14.3 Å². The largest absolute Gasteiger partial charge is 0.481 e. The molecule has 4 atom stereocenters. The molecule has 1 saturated heterocycles. The maximum Gasteiger partial charge on any atom is 0.306 e. The molecule has 1 heterocycles. The van der Waals surface area contributed by atoms with Crippen molar-refractivity contribution in [2.24, 2.45) is 11.7 Å². The minimum Gasteiger partial charge on any atom is -0.481 e. The standard InChI is InChI=1S/C12H20N2O4/c13-6-9-3-4-10(18-9)11(15)14-8-2-1-7(5-8)12(16)17/h7-10H,1-6,13H2,(H,14,15)(H,16,17). The molecule has 2 rings (SSSR count). The quantitative estimate of drug-likeness (QED) is 0.650. The number of rotatable bonds is 4. The number of carboxylic acids is 1. The third-order valence-corrected chi connectivity index (χ3v) is 3.79. The lowest BCUT2D eigenvalue weighted by Gasteiger charge is -2.16. The maximum absolute atomic E-state index is 11.9. The topological polar surface area (TPSA) is 102 Å². The van der Waals surface area contributed by atoms with Gasteiger partial charge in [0.05, 0.1) is 12.0 Å². The molecule has 102 valence electrons. The summed E-state index contributed by atoms with van der Waals surface area (Å²) in [4.78, 5) is 22.7. The number of carbonyl (C=O) groups excluding carboxylic acids is 1. The van der Waals surface area contributed by atoms with Gasteiger partial charge in [0.1, 0.15) is 6.10 Å². The van der Waals surface area contributed by atoms with Crippen LogP contribution in [0.1, 0.15) is 32.1 Å². The predicted molar refractivity (Wildman–Crippen MR) is 63.9 cm³/mol. The highest BCUT2D eigenvalue weighted by atomic mass is 16.5. The van der Waals surface area contributed by atoms with Crippen molar-refractivity contribution in [2.75, 3.05) is 6.54 Å². The lowest BCUT2D eigenvalue weighted by Crippen LogP contribution is -2.41. The van der Waals surface area contributed by atoms with Crippen molar-refractivity contribution >= 4 is 11.9 Å². The first kappa shape index (κ1) is 13.3. The Kier molecular flexibility index (Phi) is 4.19. The second-order valence-corrected chi connectivity index (χ2v) is 5.11. The van der Waals surface area contributed by atoms with Crippen LogP contribution < -0.4 is 11.1 Å². The fourth-order valence-electron chi connectivity index (χ4n) is 2.70. The zero-order chi connectivity index (χ0) is 13.1. The summed E-state index contributed by atoms with van der Waals surface area (Å²) < 4.78 is 5.50. The summed E-state index contributed by atoms with van der Waals surface area (Å²) in [5, 5.41) is 11.8. The van der Waals surface area contributed by atoms with Crippen molar-refractivity contribution in [2.45, 2.75) is 50.4 Å². The van der Waals surface area contributed by atoms with Gasteiger partial charge in [0.15, 0.2) is 0 Å². The summed E-state index contributed by atoms with van der Waals surface area (Å²) in [6.45, 7) is 0.439. The second kappa shape index (κ2) is 5.67. The molecule has 0 bridgehead atoms. The van der Waals surface area contributed by atoms with Crippen molar-refractivity contribution in [3.05, 3.63) is 0 Å². The van der Waals surface area contributed by atoms with Crippen LogP contribution in [0.2, 0.25) is 0 Å². The summed E-state index contributed by atoms with van der Waals surface area (Å²) in [5.41, 5.74) is 5.49. The van der Waals surface area contributed by atoms with E-state index < -0.39 is 12.1 Å². The number of amides is 1. The molecule has 6 nitrogen and oxygen atoms in total. The summed E-state index contributed by atoms with van der Waals surface area (Å²) in [6.07, 6.45) is 2.97. The summed E-state index contributed by atoms with van der Waals surface area (Å²) in [6, 6.07) is -0.0286. The van der Waals surface area contributed by atoms with E-state index in [0.717, 1.165) is 12.8 Å². The van der Waals surface area contributed by atoms with E-state index in [1.807, 2.05) is 0 Å². The molecule has 18 heavy (non-hydrogen) atoms. The van der Waals surface area contributed by atoms with Gasteiger partial charge in [0, 0.05) is 12.6 Å². The van der Waals surface area contributed by atoms with Crippen LogP contribution in [0, 0.1) is 5.92 Å². The van der Waals surface area contributed by atoms with Crippen LogP contribution >= 0.6 is 0 Å². The summed E-state index contributed by atoms with van der Waals surface area (Å²) >= 11 is 0. The van der Waals surface area contributed by atoms with E-state index in [1.54, 1.807) is 0 Å². The van der Waals surface area contributed by atoms with Gasteiger partial charge < -0.3 is 20.9 Å². The van der Waals surface area contributed by atoms with Crippen molar-refractivity contribution in [3.8, 4) is 0 Å². The molecule has 6 heteroatoms. The number of aliphatic carboxylic acids is 1. The first-order valence-electron chi connectivity index (χ1n) is 6.49. The average Bonchev–Trinajstić information content (AvgIpc) is 2.96. The van der Waals surface area contributed by atoms with Crippen LogP contribution in [0.3, 0.4) is 0 Å². The highest BCUT2D eigenvalue weighted by Gasteiger charge is 2.34. The SMILES string of the molecule is NCC1CCC(C(=O)NC2CCC(C(=O)O)C2)O1. The number of hydrogen-bond acceptors (Lipinski definition) is 4. The van der Waals surface area contributed by atoms with E-state index in [4.69, 9.17) is 15.6 Å². The molecular weight excluding hydrogens is 236 g/mol. The Morgan fingerprint density at radius 3 is 2.61 bits per heavy atom. The Labute approximate surface area is 106 Å². The highest BCUT2D eigenvalue weighted by Crippen LogP contribution is 2.26. The summed E-state index contributed by atoms with van der Waals surface area (Å²) in [5.74, 6) is -1.22. The molecule has 2 aliphatic rings. The van der Waals surface area contributed by atoms with E-state index >= 15 is 0 Å². The predicted octanol–water partition coefficient (Wildman–Crippen LogP) is -0.138.